The van der Waals surface area contributed by atoms with Crippen LogP contribution in [0.2, 0.25) is 0 Å². The van der Waals surface area contributed by atoms with Crippen molar-refractivity contribution in [3.63, 3.8) is 0 Å². The van der Waals surface area contributed by atoms with E-state index in [0.717, 1.165) is 11.3 Å². The number of nitrogens with two attached hydrogens (primary N) is 1. The minimum absolute atomic E-state index is 0.0690. The number of ether oxygens (including phenoxy) is 1. The van der Waals surface area contributed by atoms with Crippen LogP contribution in [0.15, 0.2) is 24.3 Å². The second-order valence-corrected chi connectivity index (χ2v) is 3.07. The van der Waals surface area contributed by atoms with Crippen LogP contribution in [-0.2, 0) is 0 Å². The minimum Gasteiger partial charge on any atom is -0.481 e. The third-order valence-electron chi connectivity index (χ3n) is 1.89. The highest BCUT2D eigenvalue weighted by molar-refractivity contribution is 5.29. The van der Waals surface area contributed by atoms with Gasteiger partial charge in [-0.2, -0.15) is 0 Å². The van der Waals surface area contributed by atoms with E-state index in [2.05, 4.69) is 11.8 Å². The van der Waals surface area contributed by atoms with Gasteiger partial charge in [0.15, 0.2) is 0 Å². The van der Waals surface area contributed by atoms with E-state index in [0.29, 0.717) is 6.61 Å². The summed E-state index contributed by atoms with van der Waals surface area (Å²) in [5, 5.41) is 0. The van der Waals surface area contributed by atoms with Crippen molar-refractivity contribution < 1.29 is 4.74 Å². The summed E-state index contributed by atoms with van der Waals surface area (Å²) in [4.78, 5) is 0. The van der Waals surface area contributed by atoms with Crippen LogP contribution in [-0.4, -0.2) is 6.61 Å². The second kappa shape index (κ2) is 5.31. The standard InChI is InChI=1S/C12H15NO/c1-3-4-9-14-12-7-5-11(6-8-12)10(2)13/h5-8,10H,9,13H2,1-2H3/t10-/m0/s1. The van der Waals surface area contributed by atoms with Gasteiger partial charge in [-0.1, -0.05) is 18.1 Å². The molecule has 0 radical (unpaired) electrons. The monoisotopic (exact) mass is 189 g/mol. The van der Waals surface area contributed by atoms with Crippen LogP contribution >= 0.6 is 0 Å². The normalized spacial score (nSPS) is 11.4. The van der Waals surface area contributed by atoms with E-state index in [1.54, 1.807) is 6.92 Å². The molecule has 0 aliphatic carbocycles. The van der Waals surface area contributed by atoms with Gasteiger partial charge >= 0.3 is 0 Å². The van der Waals surface area contributed by atoms with Crippen LogP contribution in [0.3, 0.4) is 0 Å². The average Bonchev–Trinajstić information content (AvgIpc) is 2.19. The molecule has 14 heavy (non-hydrogen) atoms. The fourth-order valence-corrected chi connectivity index (χ4v) is 1.06. The van der Waals surface area contributed by atoms with Crippen LogP contribution < -0.4 is 10.5 Å². The molecular formula is C12H15NO. The van der Waals surface area contributed by atoms with Gasteiger partial charge in [0.25, 0.3) is 0 Å². The van der Waals surface area contributed by atoms with Crippen LogP contribution in [0, 0.1) is 11.8 Å². The first kappa shape index (κ1) is 10.6. The van der Waals surface area contributed by atoms with Gasteiger partial charge in [-0.25, -0.2) is 0 Å². The quantitative estimate of drug-likeness (QED) is 0.739. The summed E-state index contributed by atoms with van der Waals surface area (Å²) in [5.74, 6) is 6.44. The molecular weight excluding hydrogens is 174 g/mol. The van der Waals surface area contributed by atoms with Crippen molar-refractivity contribution >= 4 is 0 Å². The Morgan fingerprint density at radius 1 is 1.36 bits per heavy atom. The largest absolute Gasteiger partial charge is 0.481 e. The predicted molar refractivity (Wildman–Crippen MR) is 58.0 cm³/mol. The number of hydrogen-bond acceptors (Lipinski definition) is 2. The van der Waals surface area contributed by atoms with Gasteiger partial charge in [0.2, 0.25) is 0 Å². The molecule has 0 spiro atoms. The Hall–Kier alpha value is -1.46. The molecule has 0 heterocycles. The van der Waals surface area contributed by atoms with Crippen LogP contribution in [0.4, 0.5) is 0 Å². The molecule has 0 fully saturated rings. The Bertz CT molecular complexity index is 330. The van der Waals surface area contributed by atoms with E-state index in [1.165, 1.54) is 0 Å². The molecule has 0 saturated carbocycles. The van der Waals surface area contributed by atoms with Gasteiger partial charge < -0.3 is 10.5 Å². The highest BCUT2D eigenvalue weighted by Crippen LogP contribution is 2.15. The molecule has 2 heteroatoms. The maximum Gasteiger partial charge on any atom is 0.149 e. The SMILES string of the molecule is CC#CCOc1ccc([C@H](C)N)cc1. The molecule has 1 aromatic rings. The van der Waals surface area contributed by atoms with Crippen LogP contribution in [0.25, 0.3) is 0 Å². The van der Waals surface area contributed by atoms with E-state index in [9.17, 15) is 0 Å². The molecule has 1 rings (SSSR count). The molecule has 2 N–H and O–H groups in total. The zero-order valence-electron chi connectivity index (χ0n) is 8.58. The Labute approximate surface area is 85.1 Å². The summed E-state index contributed by atoms with van der Waals surface area (Å²) in [6.45, 7) is 4.19. The summed E-state index contributed by atoms with van der Waals surface area (Å²) in [5.41, 5.74) is 6.83. The topological polar surface area (TPSA) is 35.2 Å². The fourth-order valence-electron chi connectivity index (χ4n) is 1.06. The maximum atomic E-state index is 5.72. The zero-order chi connectivity index (χ0) is 10.4. The summed E-state index contributed by atoms with van der Waals surface area (Å²) in [6, 6.07) is 7.84. The van der Waals surface area contributed by atoms with E-state index in [-0.39, 0.29) is 6.04 Å². The molecule has 0 amide bonds. The van der Waals surface area contributed by atoms with Crippen molar-refractivity contribution in [1.82, 2.24) is 0 Å². The first-order chi connectivity index (χ1) is 6.74. The van der Waals surface area contributed by atoms with Gasteiger partial charge in [0.1, 0.15) is 12.4 Å². The molecule has 0 aromatic heterocycles. The summed E-state index contributed by atoms with van der Waals surface area (Å²) >= 11 is 0. The third kappa shape index (κ3) is 3.12. The highest BCUT2D eigenvalue weighted by Gasteiger charge is 1.98. The fraction of sp³-hybridized carbons (Fsp3) is 0.333. The van der Waals surface area contributed by atoms with E-state index >= 15 is 0 Å². The highest BCUT2D eigenvalue weighted by atomic mass is 16.5. The number of hydrogen-bond donors (Lipinski definition) is 1. The lowest BCUT2D eigenvalue weighted by Crippen LogP contribution is -2.04. The predicted octanol–water partition coefficient (Wildman–Crippen LogP) is 2.11. The Balaban J connectivity index is 2.58. The van der Waals surface area contributed by atoms with Gasteiger partial charge in [-0.15, -0.1) is 5.92 Å². The molecule has 0 bridgehead atoms. The lowest BCUT2D eigenvalue weighted by molar-refractivity contribution is 0.370. The Morgan fingerprint density at radius 2 is 2.00 bits per heavy atom. The summed E-state index contributed by atoms with van der Waals surface area (Å²) in [7, 11) is 0. The van der Waals surface area contributed by atoms with Crippen molar-refractivity contribution in [3.05, 3.63) is 29.8 Å². The Kier molecular flexibility index (Phi) is 4.03. The molecule has 0 unspecified atom stereocenters. The van der Waals surface area contributed by atoms with Crippen molar-refractivity contribution in [3.8, 4) is 17.6 Å². The molecule has 74 valence electrons. The third-order valence-corrected chi connectivity index (χ3v) is 1.89. The van der Waals surface area contributed by atoms with Gasteiger partial charge in [0, 0.05) is 6.04 Å². The summed E-state index contributed by atoms with van der Waals surface area (Å²) in [6.07, 6.45) is 0. The molecule has 2 nitrogen and oxygen atoms in total. The number of rotatable bonds is 3. The molecule has 0 aliphatic rings. The van der Waals surface area contributed by atoms with Crippen molar-refractivity contribution in [2.45, 2.75) is 19.9 Å². The first-order valence-electron chi connectivity index (χ1n) is 4.62. The van der Waals surface area contributed by atoms with Crippen molar-refractivity contribution in [2.24, 2.45) is 5.73 Å². The van der Waals surface area contributed by atoms with Crippen molar-refractivity contribution in [2.75, 3.05) is 6.61 Å². The lowest BCUT2D eigenvalue weighted by atomic mass is 10.1. The number of benzene rings is 1. The van der Waals surface area contributed by atoms with E-state index in [1.807, 2.05) is 31.2 Å². The van der Waals surface area contributed by atoms with Gasteiger partial charge in [-0.05, 0) is 31.5 Å². The minimum atomic E-state index is 0.0690. The smallest absolute Gasteiger partial charge is 0.149 e. The second-order valence-electron chi connectivity index (χ2n) is 3.07. The maximum absolute atomic E-state index is 5.72. The molecule has 0 saturated heterocycles. The lowest BCUT2D eigenvalue weighted by Gasteiger charge is -2.06. The molecule has 1 atom stereocenters. The van der Waals surface area contributed by atoms with Crippen LogP contribution in [0.5, 0.6) is 5.75 Å². The van der Waals surface area contributed by atoms with Crippen molar-refractivity contribution in [1.29, 1.82) is 0 Å². The molecule has 0 aliphatic heterocycles. The van der Waals surface area contributed by atoms with E-state index in [4.69, 9.17) is 10.5 Å². The van der Waals surface area contributed by atoms with Gasteiger partial charge in [-0.3, -0.25) is 0 Å². The van der Waals surface area contributed by atoms with Crippen LogP contribution in [0.1, 0.15) is 25.5 Å². The zero-order valence-corrected chi connectivity index (χ0v) is 8.58. The Morgan fingerprint density at radius 3 is 2.50 bits per heavy atom. The molecule has 1 aromatic carbocycles. The first-order valence-corrected chi connectivity index (χ1v) is 4.62. The van der Waals surface area contributed by atoms with Gasteiger partial charge in [0.05, 0.1) is 0 Å². The van der Waals surface area contributed by atoms with E-state index < -0.39 is 0 Å². The summed E-state index contributed by atoms with van der Waals surface area (Å²) < 4.78 is 5.37. The average molecular weight is 189 g/mol.